The van der Waals surface area contributed by atoms with Crippen molar-refractivity contribution in [2.45, 2.75) is 36.3 Å². The summed E-state index contributed by atoms with van der Waals surface area (Å²) in [6.45, 7) is 7.11. The van der Waals surface area contributed by atoms with Gasteiger partial charge in [0, 0.05) is 28.6 Å². The minimum absolute atomic E-state index is 0.133. The van der Waals surface area contributed by atoms with Crippen LogP contribution in [0.1, 0.15) is 27.2 Å². The molecule has 1 amide bonds. The molecule has 6 heteroatoms. The number of hydrogen-bond donors (Lipinski definition) is 1. The Kier molecular flexibility index (Phi) is 7.11. The number of rotatable bonds is 7. The summed E-state index contributed by atoms with van der Waals surface area (Å²) in [5, 5.41) is 4.93. The van der Waals surface area contributed by atoms with E-state index in [-0.39, 0.29) is 10.7 Å². The minimum Gasteiger partial charge on any atom is -0.355 e. The first-order chi connectivity index (χ1) is 8.47. The third-order valence-electron chi connectivity index (χ3n) is 1.91. The number of carbonyl (C=O) groups excluding carboxylic acids is 1. The van der Waals surface area contributed by atoms with Gasteiger partial charge in [0.25, 0.3) is 0 Å². The normalized spacial score (nSPS) is 11.5. The number of amides is 1. The molecule has 0 saturated heterocycles. The summed E-state index contributed by atoms with van der Waals surface area (Å²) in [5.74, 6) is 1.68. The second-order valence-corrected chi connectivity index (χ2v) is 8.79. The highest BCUT2D eigenvalue weighted by molar-refractivity contribution is 8.01. The van der Waals surface area contributed by atoms with Crippen molar-refractivity contribution < 1.29 is 4.79 Å². The molecule has 0 atom stereocenters. The molecule has 1 aromatic rings. The molecule has 102 valence electrons. The average molecular weight is 305 g/mol. The lowest BCUT2D eigenvalue weighted by Crippen LogP contribution is -2.28. The van der Waals surface area contributed by atoms with Gasteiger partial charge in [-0.25, -0.2) is 4.98 Å². The van der Waals surface area contributed by atoms with Crippen LogP contribution in [0.15, 0.2) is 15.9 Å². The van der Waals surface area contributed by atoms with E-state index in [1.165, 1.54) is 0 Å². The van der Waals surface area contributed by atoms with Crippen molar-refractivity contribution in [3.63, 3.8) is 0 Å². The van der Waals surface area contributed by atoms with Gasteiger partial charge in [0.1, 0.15) is 4.34 Å². The lowest BCUT2D eigenvalue weighted by molar-refractivity contribution is -0.118. The molecule has 0 aromatic carbocycles. The van der Waals surface area contributed by atoms with E-state index in [2.05, 4.69) is 31.1 Å². The molecule has 3 nitrogen and oxygen atoms in total. The largest absolute Gasteiger partial charge is 0.355 e. The van der Waals surface area contributed by atoms with Crippen LogP contribution in [0.25, 0.3) is 0 Å². The van der Waals surface area contributed by atoms with Crippen molar-refractivity contribution in [3.05, 3.63) is 11.6 Å². The standard InChI is InChI=1S/C12H20N2OS3/c1-12(2,3)18-9-10(15)13-5-4-7-16-11-14-6-8-17-11/h6,8H,4-5,7,9H2,1-3H3,(H,13,15). The van der Waals surface area contributed by atoms with Crippen molar-refractivity contribution in [1.82, 2.24) is 10.3 Å². The van der Waals surface area contributed by atoms with E-state index in [1.54, 1.807) is 34.9 Å². The van der Waals surface area contributed by atoms with Crippen LogP contribution in [0.3, 0.4) is 0 Å². The molecule has 18 heavy (non-hydrogen) atoms. The van der Waals surface area contributed by atoms with Gasteiger partial charge < -0.3 is 5.32 Å². The maximum Gasteiger partial charge on any atom is 0.230 e. The molecule has 0 radical (unpaired) electrons. The zero-order valence-corrected chi connectivity index (χ0v) is 13.5. The molecular formula is C12H20N2OS3. The first-order valence-corrected chi connectivity index (χ1v) is 8.75. The smallest absolute Gasteiger partial charge is 0.230 e. The molecule has 1 aromatic heterocycles. The monoisotopic (exact) mass is 304 g/mol. The molecule has 0 aliphatic heterocycles. The van der Waals surface area contributed by atoms with Crippen LogP contribution in [-0.4, -0.2) is 33.7 Å². The Bertz CT molecular complexity index is 347. The Labute approximate surface area is 122 Å². The molecule has 0 fully saturated rings. The van der Waals surface area contributed by atoms with E-state index < -0.39 is 0 Å². The highest BCUT2D eigenvalue weighted by Crippen LogP contribution is 2.22. The topological polar surface area (TPSA) is 42.0 Å². The first-order valence-electron chi connectivity index (χ1n) is 5.90. The fourth-order valence-corrected chi connectivity index (χ4v) is 3.39. The second-order valence-electron chi connectivity index (χ2n) is 4.75. The summed E-state index contributed by atoms with van der Waals surface area (Å²) in [6, 6.07) is 0. The molecule has 0 unspecified atom stereocenters. The predicted molar refractivity (Wildman–Crippen MR) is 82.7 cm³/mol. The number of thioether (sulfide) groups is 2. The molecule has 0 aliphatic rings. The van der Waals surface area contributed by atoms with Gasteiger partial charge in [0.05, 0.1) is 5.75 Å². The summed E-state index contributed by atoms with van der Waals surface area (Å²) in [7, 11) is 0. The third-order valence-corrected chi connectivity index (χ3v) is 5.24. The van der Waals surface area contributed by atoms with Gasteiger partial charge in [-0.3, -0.25) is 4.79 Å². The molecule has 0 saturated carbocycles. The van der Waals surface area contributed by atoms with E-state index in [0.29, 0.717) is 5.75 Å². The van der Waals surface area contributed by atoms with Crippen LogP contribution < -0.4 is 5.32 Å². The van der Waals surface area contributed by atoms with Crippen LogP contribution in [0, 0.1) is 0 Å². The highest BCUT2D eigenvalue weighted by Gasteiger charge is 2.12. The van der Waals surface area contributed by atoms with Gasteiger partial charge in [0.15, 0.2) is 0 Å². The van der Waals surface area contributed by atoms with Crippen molar-refractivity contribution in [3.8, 4) is 0 Å². The zero-order chi connectivity index (χ0) is 13.4. The number of nitrogens with zero attached hydrogens (tertiary/aromatic N) is 1. The molecular weight excluding hydrogens is 284 g/mol. The summed E-state index contributed by atoms with van der Waals surface area (Å²) in [5.41, 5.74) is 0. The lowest BCUT2D eigenvalue weighted by Gasteiger charge is -2.16. The van der Waals surface area contributed by atoms with Gasteiger partial charge >= 0.3 is 0 Å². The van der Waals surface area contributed by atoms with Gasteiger partial charge in [0.2, 0.25) is 5.91 Å². The SMILES string of the molecule is CC(C)(C)SCC(=O)NCCCSc1nccs1. The van der Waals surface area contributed by atoms with Crippen LogP contribution in [0.5, 0.6) is 0 Å². The van der Waals surface area contributed by atoms with Gasteiger partial charge in [-0.15, -0.1) is 23.1 Å². The summed E-state index contributed by atoms with van der Waals surface area (Å²) >= 11 is 5.08. The Morgan fingerprint density at radius 1 is 1.50 bits per heavy atom. The molecule has 1 rings (SSSR count). The van der Waals surface area contributed by atoms with E-state index in [4.69, 9.17) is 0 Å². The van der Waals surface area contributed by atoms with Crippen molar-refractivity contribution >= 4 is 40.8 Å². The third kappa shape index (κ3) is 8.00. The number of hydrogen-bond acceptors (Lipinski definition) is 5. The van der Waals surface area contributed by atoms with E-state index in [9.17, 15) is 4.79 Å². The second kappa shape index (κ2) is 8.07. The Hall–Kier alpha value is -0.200. The Morgan fingerprint density at radius 2 is 2.28 bits per heavy atom. The van der Waals surface area contributed by atoms with Crippen molar-refractivity contribution in [2.75, 3.05) is 18.1 Å². The number of thiazole rings is 1. The van der Waals surface area contributed by atoms with Gasteiger partial charge in [-0.2, -0.15) is 0 Å². The quantitative estimate of drug-likeness (QED) is 0.620. The fourth-order valence-electron chi connectivity index (χ4n) is 1.07. The lowest BCUT2D eigenvalue weighted by atomic mass is 10.3. The van der Waals surface area contributed by atoms with Gasteiger partial charge in [-0.1, -0.05) is 32.5 Å². The maximum atomic E-state index is 11.5. The maximum absolute atomic E-state index is 11.5. The van der Waals surface area contributed by atoms with Crippen molar-refractivity contribution in [1.29, 1.82) is 0 Å². The van der Waals surface area contributed by atoms with Gasteiger partial charge in [-0.05, 0) is 6.42 Å². The minimum atomic E-state index is 0.133. The number of carbonyl (C=O) groups is 1. The summed E-state index contributed by atoms with van der Waals surface area (Å²) < 4.78 is 1.25. The van der Waals surface area contributed by atoms with Crippen LogP contribution in [0.4, 0.5) is 0 Å². The molecule has 0 bridgehead atoms. The number of nitrogens with one attached hydrogen (secondary N) is 1. The predicted octanol–water partition coefficient (Wildman–Crippen LogP) is 3.27. The fraction of sp³-hybridized carbons (Fsp3) is 0.667. The summed E-state index contributed by atoms with van der Waals surface area (Å²) in [6.07, 6.45) is 2.80. The van der Waals surface area contributed by atoms with E-state index in [1.807, 2.05) is 11.6 Å². The average Bonchev–Trinajstić information content (AvgIpc) is 2.78. The number of aromatic nitrogens is 1. The van der Waals surface area contributed by atoms with Crippen LogP contribution in [0.2, 0.25) is 0 Å². The first kappa shape index (κ1) is 15.9. The molecule has 1 N–H and O–H groups in total. The Morgan fingerprint density at radius 3 is 2.89 bits per heavy atom. The van der Waals surface area contributed by atoms with Crippen LogP contribution >= 0.6 is 34.9 Å². The van der Waals surface area contributed by atoms with Crippen molar-refractivity contribution in [2.24, 2.45) is 0 Å². The summed E-state index contributed by atoms with van der Waals surface area (Å²) in [4.78, 5) is 15.7. The van der Waals surface area contributed by atoms with Crippen LogP contribution in [-0.2, 0) is 4.79 Å². The molecule has 0 spiro atoms. The van der Waals surface area contributed by atoms with E-state index in [0.717, 1.165) is 23.1 Å². The molecule has 0 aliphatic carbocycles. The highest BCUT2D eigenvalue weighted by atomic mass is 32.2. The zero-order valence-electron chi connectivity index (χ0n) is 11.1. The molecule has 1 heterocycles. The van der Waals surface area contributed by atoms with E-state index >= 15 is 0 Å². The Balaban J connectivity index is 1.99.